The van der Waals surface area contributed by atoms with Gasteiger partial charge in [0.2, 0.25) is 0 Å². The normalized spacial score (nSPS) is 11.5. The van der Waals surface area contributed by atoms with Gasteiger partial charge in [0, 0.05) is 0 Å². The SMILES string of the molecule is COc1ccccc1-n1c(C)nnc1SCC(=O)OC(C)C(=O)NC(N)=O. The Morgan fingerprint density at radius 2 is 2.00 bits per heavy atom. The molecule has 0 aliphatic rings. The molecular formula is C16H19N5O5S. The molecule has 2 rings (SSSR count). The number of urea groups is 1. The number of aryl methyl sites for hydroxylation is 1. The van der Waals surface area contributed by atoms with E-state index in [-0.39, 0.29) is 5.75 Å². The standard InChI is InChI=1S/C16H19N5O5S/c1-9(14(23)18-15(17)24)26-13(22)8-27-16-20-19-10(2)21(16)11-6-4-5-7-12(11)25-3/h4-7,9H,8H2,1-3H3,(H3,17,18,23,24). The first-order chi connectivity index (χ1) is 12.8. The van der Waals surface area contributed by atoms with E-state index >= 15 is 0 Å². The molecule has 1 aromatic carbocycles. The van der Waals surface area contributed by atoms with E-state index in [9.17, 15) is 14.4 Å². The number of ether oxygens (including phenoxy) is 2. The third-order valence-corrected chi connectivity index (χ3v) is 4.27. The Kier molecular flexibility index (Phi) is 6.77. The number of para-hydroxylation sites is 2. The molecule has 3 N–H and O–H groups in total. The van der Waals surface area contributed by atoms with Crippen molar-refractivity contribution < 1.29 is 23.9 Å². The van der Waals surface area contributed by atoms with Crippen LogP contribution in [0, 0.1) is 6.92 Å². The minimum atomic E-state index is -1.15. The van der Waals surface area contributed by atoms with Gasteiger partial charge in [-0.05, 0) is 26.0 Å². The molecule has 10 nitrogen and oxygen atoms in total. The van der Waals surface area contributed by atoms with Gasteiger partial charge < -0.3 is 15.2 Å². The maximum atomic E-state index is 12.0. The number of hydrogen-bond donors (Lipinski definition) is 2. The van der Waals surface area contributed by atoms with Gasteiger partial charge >= 0.3 is 12.0 Å². The minimum Gasteiger partial charge on any atom is -0.495 e. The first-order valence-electron chi connectivity index (χ1n) is 7.81. The Bertz CT molecular complexity index is 853. The van der Waals surface area contributed by atoms with Crippen LogP contribution in [-0.2, 0) is 14.3 Å². The van der Waals surface area contributed by atoms with Crippen molar-refractivity contribution >= 4 is 29.7 Å². The molecule has 27 heavy (non-hydrogen) atoms. The maximum Gasteiger partial charge on any atom is 0.318 e. The van der Waals surface area contributed by atoms with Crippen molar-refractivity contribution in [3.8, 4) is 11.4 Å². The summed E-state index contributed by atoms with van der Waals surface area (Å²) < 4.78 is 12.1. The van der Waals surface area contributed by atoms with Crippen LogP contribution in [0.25, 0.3) is 5.69 Å². The summed E-state index contributed by atoms with van der Waals surface area (Å²) in [6.07, 6.45) is -1.15. The van der Waals surface area contributed by atoms with Crippen molar-refractivity contribution in [3.05, 3.63) is 30.1 Å². The van der Waals surface area contributed by atoms with Gasteiger partial charge in [-0.2, -0.15) is 0 Å². The molecule has 0 aliphatic heterocycles. The Morgan fingerprint density at radius 3 is 2.67 bits per heavy atom. The molecule has 0 bridgehead atoms. The highest BCUT2D eigenvalue weighted by atomic mass is 32.2. The van der Waals surface area contributed by atoms with E-state index in [0.29, 0.717) is 16.7 Å². The van der Waals surface area contributed by atoms with E-state index in [4.69, 9.17) is 15.2 Å². The molecule has 2 aromatic rings. The highest BCUT2D eigenvalue weighted by molar-refractivity contribution is 7.99. The first-order valence-corrected chi connectivity index (χ1v) is 8.80. The molecule has 0 saturated heterocycles. The average molecular weight is 393 g/mol. The summed E-state index contributed by atoms with van der Waals surface area (Å²) in [5.41, 5.74) is 5.58. The van der Waals surface area contributed by atoms with E-state index in [1.54, 1.807) is 24.7 Å². The highest BCUT2D eigenvalue weighted by Crippen LogP contribution is 2.28. The summed E-state index contributed by atoms with van der Waals surface area (Å²) in [5, 5.41) is 10.4. The number of benzene rings is 1. The lowest BCUT2D eigenvalue weighted by Gasteiger charge is -2.13. The van der Waals surface area contributed by atoms with Crippen LogP contribution in [0.4, 0.5) is 4.79 Å². The Balaban J connectivity index is 2.06. The second-order valence-corrected chi connectivity index (χ2v) is 6.25. The smallest absolute Gasteiger partial charge is 0.318 e. The number of nitrogens with two attached hydrogens (primary N) is 1. The molecule has 1 aromatic heterocycles. The van der Waals surface area contributed by atoms with Crippen molar-refractivity contribution in [2.24, 2.45) is 5.73 Å². The van der Waals surface area contributed by atoms with Gasteiger partial charge in [0.25, 0.3) is 5.91 Å². The molecule has 11 heteroatoms. The number of rotatable bonds is 7. The molecule has 1 heterocycles. The quantitative estimate of drug-likeness (QED) is 0.520. The number of nitrogens with zero attached hydrogens (tertiary/aromatic N) is 3. The molecule has 0 radical (unpaired) electrons. The van der Waals surface area contributed by atoms with E-state index in [2.05, 4.69) is 10.2 Å². The molecule has 0 aliphatic carbocycles. The summed E-state index contributed by atoms with van der Waals surface area (Å²) in [7, 11) is 1.56. The number of hydrogen-bond acceptors (Lipinski definition) is 8. The van der Waals surface area contributed by atoms with E-state index in [0.717, 1.165) is 17.4 Å². The zero-order valence-electron chi connectivity index (χ0n) is 15.0. The summed E-state index contributed by atoms with van der Waals surface area (Å²) in [4.78, 5) is 34.2. The van der Waals surface area contributed by atoms with E-state index < -0.39 is 24.0 Å². The number of primary amides is 1. The second kappa shape index (κ2) is 9.03. The van der Waals surface area contributed by atoms with Gasteiger partial charge in [0.1, 0.15) is 11.6 Å². The van der Waals surface area contributed by atoms with Crippen LogP contribution in [0.1, 0.15) is 12.7 Å². The van der Waals surface area contributed by atoms with Crippen LogP contribution in [-0.4, -0.2) is 51.6 Å². The highest BCUT2D eigenvalue weighted by Gasteiger charge is 2.21. The lowest BCUT2D eigenvalue weighted by Crippen LogP contribution is -2.42. The third kappa shape index (κ3) is 5.20. The number of esters is 1. The zero-order valence-corrected chi connectivity index (χ0v) is 15.8. The number of nitrogens with one attached hydrogen (secondary N) is 1. The van der Waals surface area contributed by atoms with E-state index in [1.165, 1.54) is 6.92 Å². The minimum absolute atomic E-state index is 0.110. The fourth-order valence-corrected chi connectivity index (χ4v) is 2.93. The number of thioether (sulfide) groups is 1. The van der Waals surface area contributed by atoms with Gasteiger partial charge in [-0.25, -0.2) is 4.79 Å². The van der Waals surface area contributed by atoms with Gasteiger partial charge in [-0.3, -0.25) is 19.5 Å². The van der Waals surface area contributed by atoms with Crippen molar-refractivity contribution in [3.63, 3.8) is 0 Å². The predicted octanol–water partition coefficient (Wildman–Crippen LogP) is 0.803. The molecule has 0 saturated carbocycles. The van der Waals surface area contributed by atoms with Gasteiger partial charge in [0.05, 0.1) is 18.6 Å². The van der Waals surface area contributed by atoms with E-state index in [1.807, 2.05) is 23.5 Å². The van der Waals surface area contributed by atoms with Crippen LogP contribution in [0.3, 0.4) is 0 Å². The summed E-state index contributed by atoms with van der Waals surface area (Å²) in [6, 6.07) is 6.31. The predicted molar refractivity (Wildman–Crippen MR) is 96.7 cm³/mol. The van der Waals surface area contributed by atoms with Crippen molar-refractivity contribution in [1.82, 2.24) is 20.1 Å². The first kappa shape index (κ1) is 20.2. The van der Waals surface area contributed by atoms with Gasteiger partial charge in [-0.15, -0.1) is 10.2 Å². The summed E-state index contributed by atoms with van der Waals surface area (Å²) in [6.45, 7) is 3.11. The van der Waals surface area contributed by atoms with Gasteiger partial charge in [0.15, 0.2) is 11.3 Å². The number of amides is 3. The topological polar surface area (TPSA) is 138 Å². The molecule has 0 spiro atoms. The Labute approximate surface area is 159 Å². The largest absolute Gasteiger partial charge is 0.495 e. The summed E-state index contributed by atoms with van der Waals surface area (Å²) >= 11 is 1.09. The Hall–Kier alpha value is -3.08. The number of aromatic nitrogens is 3. The van der Waals surface area contributed by atoms with Crippen molar-refractivity contribution in [2.45, 2.75) is 25.1 Å². The van der Waals surface area contributed by atoms with Crippen molar-refractivity contribution in [1.29, 1.82) is 0 Å². The van der Waals surface area contributed by atoms with Crippen LogP contribution in [0.2, 0.25) is 0 Å². The molecule has 0 fully saturated rings. The molecular weight excluding hydrogens is 374 g/mol. The van der Waals surface area contributed by atoms with Crippen LogP contribution in [0.15, 0.2) is 29.4 Å². The Morgan fingerprint density at radius 1 is 1.30 bits per heavy atom. The maximum absolute atomic E-state index is 12.0. The molecule has 1 atom stereocenters. The lowest BCUT2D eigenvalue weighted by molar-refractivity contribution is -0.151. The monoisotopic (exact) mass is 393 g/mol. The fraction of sp³-hybridized carbons (Fsp3) is 0.312. The van der Waals surface area contributed by atoms with Gasteiger partial charge in [-0.1, -0.05) is 23.9 Å². The number of methoxy groups -OCH3 is 1. The van der Waals surface area contributed by atoms with Crippen LogP contribution < -0.4 is 15.8 Å². The fourth-order valence-electron chi connectivity index (χ4n) is 2.16. The zero-order chi connectivity index (χ0) is 20.0. The lowest BCUT2D eigenvalue weighted by atomic mass is 10.3. The number of imide groups is 1. The average Bonchev–Trinajstić information content (AvgIpc) is 2.99. The number of carbonyl (C=O) groups excluding carboxylic acids is 3. The summed E-state index contributed by atoms with van der Waals surface area (Å²) in [5.74, 6) is -0.319. The molecule has 144 valence electrons. The molecule has 1 unspecified atom stereocenters. The van der Waals surface area contributed by atoms with Crippen LogP contribution >= 0.6 is 11.8 Å². The second-order valence-electron chi connectivity index (χ2n) is 5.31. The third-order valence-electron chi connectivity index (χ3n) is 3.36. The van der Waals surface area contributed by atoms with Crippen molar-refractivity contribution in [2.75, 3.05) is 12.9 Å². The number of carbonyl (C=O) groups is 3. The van der Waals surface area contributed by atoms with Crippen LogP contribution in [0.5, 0.6) is 5.75 Å². The molecule has 3 amide bonds.